The van der Waals surface area contributed by atoms with Crippen LogP contribution >= 0.6 is 0 Å². The van der Waals surface area contributed by atoms with Crippen molar-refractivity contribution in [1.29, 1.82) is 0 Å². The van der Waals surface area contributed by atoms with Gasteiger partial charge in [-0.2, -0.15) is 0 Å². The van der Waals surface area contributed by atoms with E-state index in [1.165, 1.54) is 0 Å². The van der Waals surface area contributed by atoms with Crippen LogP contribution in [0.1, 0.15) is 30.3 Å². The number of nitrogens with one attached hydrogen (secondary N) is 2. The molecule has 13 heavy (non-hydrogen) atoms. The molecule has 1 heterocycles. The standard InChI is InChI=1S/C8H15N3O2/c1-5-7(11-8(13)10-5)6(12)3-2-4-9/h6,12H,2-4,9H2,1H3,(H2,10,11,13). The fourth-order valence-corrected chi connectivity index (χ4v) is 1.27. The van der Waals surface area contributed by atoms with Crippen LogP contribution in [-0.2, 0) is 0 Å². The first-order valence-electron chi connectivity index (χ1n) is 4.32. The van der Waals surface area contributed by atoms with Gasteiger partial charge < -0.3 is 20.8 Å². The molecule has 0 aliphatic heterocycles. The van der Waals surface area contributed by atoms with Crippen LogP contribution in [0.3, 0.4) is 0 Å². The molecule has 5 nitrogen and oxygen atoms in total. The molecule has 5 N–H and O–H groups in total. The van der Waals surface area contributed by atoms with Crippen LogP contribution in [0.25, 0.3) is 0 Å². The fraction of sp³-hybridized carbons (Fsp3) is 0.625. The minimum absolute atomic E-state index is 0.278. The summed E-state index contributed by atoms with van der Waals surface area (Å²) in [5.74, 6) is 0. The summed E-state index contributed by atoms with van der Waals surface area (Å²) < 4.78 is 0. The van der Waals surface area contributed by atoms with Crippen LogP contribution in [0.4, 0.5) is 0 Å². The summed E-state index contributed by atoms with van der Waals surface area (Å²) in [6, 6.07) is 0. The van der Waals surface area contributed by atoms with E-state index in [2.05, 4.69) is 9.97 Å². The Kier molecular flexibility index (Phi) is 3.27. The zero-order valence-corrected chi connectivity index (χ0v) is 7.63. The monoisotopic (exact) mass is 185 g/mol. The minimum Gasteiger partial charge on any atom is -0.387 e. The summed E-state index contributed by atoms with van der Waals surface area (Å²) in [4.78, 5) is 16.0. The third-order valence-corrected chi connectivity index (χ3v) is 1.97. The third-order valence-electron chi connectivity index (χ3n) is 1.97. The number of aryl methyl sites for hydroxylation is 1. The maximum absolute atomic E-state index is 10.8. The Morgan fingerprint density at radius 3 is 2.69 bits per heavy atom. The molecule has 1 aromatic rings. The molecule has 1 atom stereocenters. The Morgan fingerprint density at radius 1 is 1.54 bits per heavy atom. The molecule has 74 valence electrons. The predicted molar refractivity (Wildman–Crippen MR) is 49.4 cm³/mol. The summed E-state index contributed by atoms with van der Waals surface area (Å²) in [5.41, 5.74) is 6.29. The number of rotatable bonds is 4. The molecular formula is C8H15N3O2. The lowest BCUT2D eigenvalue weighted by Gasteiger charge is -2.07. The van der Waals surface area contributed by atoms with Crippen LogP contribution in [0.15, 0.2) is 4.79 Å². The first-order valence-corrected chi connectivity index (χ1v) is 4.32. The molecule has 1 rings (SSSR count). The number of aromatic nitrogens is 2. The van der Waals surface area contributed by atoms with Gasteiger partial charge in [0.1, 0.15) is 0 Å². The molecule has 1 aromatic heterocycles. The highest BCUT2D eigenvalue weighted by Crippen LogP contribution is 2.16. The van der Waals surface area contributed by atoms with Gasteiger partial charge in [-0.05, 0) is 26.3 Å². The highest BCUT2D eigenvalue weighted by atomic mass is 16.3. The lowest BCUT2D eigenvalue weighted by molar-refractivity contribution is 0.160. The first kappa shape index (κ1) is 10.0. The molecule has 5 heteroatoms. The Hall–Kier alpha value is -1.07. The number of nitrogens with two attached hydrogens (primary N) is 1. The van der Waals surface area contributed by atoms with Gasteiger partial charge in [0.25, 0.3) is 0 Å². The van der Waals surface area contributed by atoms with Gasteiger partial charge in [-0.1, -0.05) is 0 Å². The maximum atomic E-state index is 10.8. The van der Waals surface area contributed by atoms with Gasteiger partial charge >= 0.3 is 5.69 Å². The lowest BCUT2D eigenvalue weighted by atomic mass is 10.1. The molecule has 0 aromatic carbocycles. The molecule has 0 amide bonds. The summed E-state index contributed by atoms with van der Waals surface area (Å²) in [6.07, 6.45) is 0.696. The molecule has 0 fully saturated rings. The van der Waals surface area contributed by atoms with E-state index in [4.69, 9.17) is 5.73 Å². The van der Waals surface area contributed by atoms with Crippen LogP contribution < -0.4 is 11.4 Å². The van der Waals surface area contributed by atoms with Crippen LogP contribution in [-0.4, -0.2) is 21.6 Å². The topological polar surface area (TPSA) is 94.9 Å². The van der Waals surface area contributed by atoms with E-state index in [0.717, 1.165) is 6.42 Å². The summed E-state index contributed by atoms with van der Waals surface area (Å²) in [7, 11) is 0. The molecule has 0 saturated carbocycles. The van der Waals surface area contributed by atoms with Gasteiger partial charge in [0.05, 0.1) is 11.8 Å². The Balaban J connectivity index is 2.70. The number of H-pyrrole nitrogens is 2. The second-order valence-electron chi connectivity index (χ2n) is 3.06. The van der Waals surface area contributed by atoms with Crippen molar-refractivity contribution in [2.75, 3.05) is 6.54 Å². The van der Waals surface area contributed by atoms with Gasteiger partial charge in [0, 0.05) is 5.69 Å². The number of aromatic amines is 2. The van der Waals surface area contributed by atoms with E-state index in [-0.39, 0.29) is 5.69 Å². The van der Waals surface area contributed by atoms with Crippen molar-refractivity contribution in [3.05, 3.63) is 21.9 Å². The van der Waals surface area contributed by atoms with Crippen LogP contribution in [0.2, 0.25) is 0 Å². The highest BCUT2D eigenvalue weighted by Gasteiger charge is 2.12. The molecule has 0 saturated heterocycles. The number of aliphatic hydroxyl groups is 1. The normalized spacial score (nSPS) is 13.2. The quantitative estimate of drug-likeness (QED) is 0.522. The Labute approximate surface area is 76.0 Å². The van der Waals surface area contributed by atoms with Gasteiger partial charge in [-0.25, -0.2) is 4.79 Å². The van der Waals surface area contributed by atoms with E-state index >= 15 is 0 Å². The summed E-state index contributed by atoms with van der Waals surface area (Å²) >= 11 is 0. The smallest absolute Gasteiger partial charge is 0.323 e. The molecule has 0 bridgehead atoms. The summed E-state index contributed by atoms with van der Waals surface area (Å²) in [6.45, 7) is 2.30. The van der Waals surface area contributed by atoms with Crippen LogP contribution in [0, 0.1) is 6.92 Å². The van der Waals surface area contributed by atoms with E-state index in [1.807, 2.05) is 0 Å². The van der Waals surface area contributed by atoms with E-state index < -0.39 is 6.10 Å². The summed E-state index contributed by atoms with van der Waals surface area (Å²) in [5, 5.41) is 9.60. The van der Waals surface area contributed by atoms with Crippen molar-refractivity contribution in [3.8, 4) is 0 Å². The van der Waals surface area contributed by atoms with Crippen molar-refractivity contribution in [1.82, 2.24) is 9.97 Å². The third kappa shape index (κ3) is 2.43. The van der Waals surface area contributed by atoms with Gasteiger partial charge in [0.2, 0.25) is 0 Å². The van der Waals surface area contributed by atoms with E-state index in [1.54, 1.807) is 6.92 Å². The second-order valence-corrected chi connectivity index (χ2v) is 3.06. The van der Waals surface area contributed by atoms with Crippen molar-refractivity contribution in [2.24, 2.45) is 5.73 Å². The van der Waals surface area contributed by atoms with Gasteiger partial charge in [0.15, 0.2) is 0 Å². The SMILES string of the molecule is Cc1[nH]c(=O)[nH]c1C(O)CCCN. The Morgan fingerprint density at radius 2 is 2.23 bits per heavy atom. The average Bonchev–Trinajstić information content (AvgIpc) is 2.41. The predicted octanol–water partition coefficient (Wildman–Crippen LogP) is -0.216. The zero-order chi connectivity index (χ0) is 9.84. The number of hydrogen-bond donors (Lipinski definition) is 4. The highest BCUT2D eigenvalue weighted by molar-refractivity contribution is 5.11. The van der Waals surface area contributed by atoms with E-state index in [0.29, 0.717) is 24.4 Å². The van der Waals surface area contributed by atoms with E-state index in [9.17, 15) is 9.90 Å². The number of hydrogen-bond acceptors (Lipinski definition) is 3. The zero-order valence-electron chi connectivity index (χ0n) is 7.63. The minimum atomic E-state index is -0.623. The molecule has 0 aliphatic carbocycles. The second kappa shape index (κ2) is 4.25. The number of imidazole rings is 1. The van der Waals surface area contributed by atoms with Crippen molar-refractivity contribution in [3.63, 3.8) is 0 Å². The fourth-order valence-electron chi connectivity index (χ4n) is 1.27. The Bertz CT molecular complexity index is 315. The average molecular weight is 185 g/mol. The molecule has 0 radical (unpaired) electrons. The molecule has 1 unspecified atom stereocenters. The van der Waals surface area contributed by atoms with Crippen molar-refractivity contribution in [2.45, 2.75) is 25.9 Å². The maximum Gasteiger partial charge on any atom is 0.323 e. The first-order chi connectivity index (χ1) is 6.15. The molecular weight excluding hydrogens is 170 g/mol. The lowest BCUT2D eigenvalue weighted by Crippen LogP contribution is -2.06. The molecule has 0 aliphatic rings. The largest absolute Gasteiger partial charge is 0.387 e. The van der Waals surface area contributed by atoms with Crippen molar-refractivity contribution < 1.29 is 5.11 Å². The van der Waals surface area contributed by atoms with Gasteiger partial charge in [-0.15, -0.1) is 0 Å². The van der Waals surface area contributed by atoms with Crippen LogP contribution in [0.5, 0.6) is 0 Å². The van der Waals surface area contributed by atoms with Crippen molar-refractivity contribution >= 4 is 0 Å². The number of aliphatic hydroxyl groups excluding tert-OH is 1. The molecule has 0 spiro atoms. The van der Waals surface area contributed by atoms with Gasteiger partial charge in [-0.3, -0.25) is 0 Å².